The van der Waals surface area contributed by atoms with Crippen molar-refractivity contribution in [1.82, 2.24) is 15.3 Å². The average Bonchev–Trinajstić information content (AvgIpc) is 2.50. The highest BCUT2D eigenvalue weighted by Crippen LogP contribution is 2.17. The predicted molar refractivity (Wildman–Crippen MR) is 82.6 cm³/mol. The Kier molecular flexibility index (Phi) is 5.69. The van der Waals surface area contributed by atoms with Gasteiger partial charge in [-0.1, -0.05) is 37.3 Å². The quantitative estimate of drug-likeness (QED) is 0.836. The fourth-order valence-corrected chi connectivity index (χ4v) is 2.21. The zero-order valence-corrected chi connectivity index (χ0v) is 12.3. The monoisotopic (exact) mass is 269 g/mol. The van der Waals surface area contributed by atoms with Crippen LogP contribution >= 0.6 is 0 Å². The van der Waals surface area contributed by atoms with Crippen LogP contribution in [0.2, 0.25) is 0 Å². The van der Waals surface area contributed by atoms with E-state index < -0.39 is 0 Å². The first-order valence-corrected chi connectivity index (χ1v) is 7.35. The van der Waals surface area contributed by atoms with Gasteiger partial charge in [-0.15, -0.1) is 0 Å². The van der Waals surface area contributed by atoms with Gasteiger partial charge in [0, 0.05) is 6.20 Å². The fourth-order valence-electron chi connectivity index (χ4n) is 2.21. The molecule has 0 aliphatic heterocycles. The third-order valence-corrected chi connectivity index (χ3v) is 3.36. The van der Waals surface area contributed by atoms with Crippen molar-refractivity contribution >= 4 is 0 Å². The summed E-state index contributed by atoms with van der Waals surface area (Å²) >= 11 is 0. The maximum absolute atomic E-state index is 4.52. The maximum Gasteiger partial charge on any atom is 0.0756 e. The van der Waals surface area contributed by atoms with Crippen LogP contribution in [0.15, 0.2) is 42.7 Å². The number of hydrogen-bond acceptors (Lipinski definition) is 3. The Morgan fingerprint density at radius 1 is 1.10 bits per heavy atom. The van der Waals surface area contributed by atoms with Gasteiger partial charge in [0.15, 0.2) is 0 Å². The van der Waals surface area contributed by atoms with Crippen molar-refractivity contribution in [2.24, 2.45) is 0 Å². The summed E-state index contributed by atoms with van der Waals surface area (Å²) in [6.07, 6.45) is 6.97. The van der Waals surface area contributed by atoms with Gasteiger partial charge in [0.05, 0.1) is 23.6 Å². The number of aryl methyl sites for hydroxylation is 2. The number of aromatic nitrogens is 2. The molecule has 0 aliphatic rings. The van der Waals surface area contributed by atoms with E-state index in [0.717, 1.165) is 37.2 Å². The second-order valence-corrected chi connectivity index (χ2v) is 5.11. The highest BCUT2D eigenvalue weighted by Gasteiger charge is 2.12. The highest BCUT2D eigenvalue weighted by atomic mass is 14.9. The molecule has 2 rings (SSSR count). The molecule has 1 aromatic heterocycles. The molecule has 1 unspecified atom stereocenters. The Balaban J connectivity index is 2.01. The molecule has 1 aromatic carbocycles. The maximum atomic E-state index is 4.52. The topological polar surface area (TPSA) is 37.8 Å². The van der Waals surface area contributed by atoms with Crippen LogP contribution in [0, 0.1) is 6.92 Å². The zero-order chi connectivity index (χ0) is 14.2. The molecule has 1 N–H and O–H groups in total. The summed E-state index contributed by atoms with van der Waals surface area (Å²) < 4.78 is 0. The van der Waals surface area contributed by atoms with Crippen LogP contribution in [-0.4, -0.2) is 16.5 Å². The summed E-state index contributed by atoms with van der Waals surface area (Å²) in [5, 5.41) is 3.57. The number of nitrogens with one attached hydrogen (secondary N) is 1. The first-order chi connectivity index (χ1) is 9.79. The molecular formula is C17H23N3. The van der Waals surface area contributed by atoms with E-state index >= 15 is 0 Å². The standard InChI is InChI=1S/C17H23N3/c1-3-11-18-16(17-13-19-14(2)12-20-17)10-9-15-7-5-4-6-8-15/h4-8,12-13,16,18H,3,9-11H2,1-2H3. The van der Waals surface area contributed by atoms with Gasteiger partial charge in [-0.05, 0) is 38.3 Å². The molecule has 2 aromatic rings. The van der Waals surface area contributed by atoms with E-state index in [4.69, 9.17) is 0 Å². The fraction of sp³-hybridized carbons (Fsp3) is 0.412. The molecule has 0 amide bonds. The first-order valence-electron chi connectivity index (χ1n) is 7.35. The van der Waals surface area contributed by atoms with E-state index in [2.05, 4.69) is 52.5 Å². The third-order valence-electron chi connectivity index (χ3n) is 3.36. The lowest BCUT2D eigenvalue weighted by Gasteiger charge is -2.18. The van der Waals surface area contributed by atoms with Crippen molar-refractivity contribution in [3.63, 3.8) is 0 Å². The van der Waals surface area contributed by atoms with Gasteiger partial charge < -0.3 is 5.32 Å². The molecule has 3 heteroatoms. The van der Waals surface area contributed by atoms with Crippen LogP contribution in [0.1, 0.15) is 42.8 Å². The SMILES string of the molecule is CCCNC(CCc1ccccc1)c1cnc(C)cn1. The summed E-state index contributed by atoms with van der Waals surface area (Å²) in [6.45, 7) is 5.16. The zero-order valence-electron chi connectivity index (χ0n) is 12.3. The van der Waals surface area contributed by atoms with Crippen molar-refractivity contribution in [1.29, 1.82) is 0 Å². The Labute approximate surface area is 121 Å². The molecule has 0 spiro atoms. The predicted octanol–water partition coefficient (Wildman–Crippen LogP) is 3.46. The Bertz CT molecular complexity index is 493. The number of benzene rings is 1. The minimum atomic E-state index is 0.281. The lowest BCUT2D eigenvalue weighted by atomic mass is 10.0. The van der Waals surface area contributed by atoms with Crippen LogP contribution < -0.4 is 5.32 Å². The molecule has 106 valence electrons. The van der Waals surface area contributed by atoms with E-state index in [0.29, 0.717) is 0 Å². The molecule has 0 saturated carbocycles. The van der Waals surface area contributed by atoms with Gasteiger partial charge in [-0.25, -0.2) is 0 Å². The van der Waals surface area contributed by atoms with Gasteiger partial charge >= 0.3 is 0 Å². The first kappa shape index (κ1) is 14.7. The van der Waals surface area contributed by atoms with Gasteiger partial charge in [0.25, 0.3) is 0 Å². The molecule has 0 radical (unpaired) electrons. The van der Waals surface area contributed by atoms with Crippen molar-refractivity contribution in [3.8, 4) is 0 Å². The van der Waals surface area contributed by atoms with Crippen LogP contribution in [0.5, 0.6) is 0 Å². The van der Waals surface area contributed by atoms with E-state index in [-0.39, 0.29) is 6.04 Å². The van der Waals surface area contributed by atoms with Crippen molar-refractivity contribution in [3.05, 3.63) is 59.7 Å². The average molecular weight is 269 g/mol. The molecule has 20 heavy (non-hydrogen) atoms. The summed E-state index contributed by atoms with van der Waals surface area (Å²) in [5.74, 6) is 0. The van der Waals surface area contributed by atoms with Gasteiger partial charge in [0.2, 0.25) is 0 Å². The molecule has 0 saturated heterocycles. The summed E-state index contributed by atoms with van der Waals surface area (Å²) in [4.78, 5) is 8.88. The number of rotatable bonds is 7. The minimum absolute atomic E-state index is 0.281. The molecule has 0 aliphatic carbocycles. The normalized spacial score (nSPS) is 12.3. The van der Waals surface area contributed by atoms with Gasteiger partial charge in [-0.2, -0.15) is 0 Å². The Morgan fingerprint density at radius 3 is 2.55 bits per heavy atom. The molecule has 0 fully saturated rings. The lowest BCUT2D eigenvalue weighted by molar-refractivity contribution is 0.487. The highest BCUT2D eigenvalue weighted by molar-refractivity contribution is 5.15. The van der Waals surface area contributed by atoms with Crippen molar-refractivity contribution < 1.29 is 0 Å². The number of hydrogen-bond donors (Lipinski definition) is 1. The van der Waals surface area contributed by atoms with Gasteiger partial charge in [0.1, 0.15) is 0 Å². The molecule has 1 heterocycles. The second kappa shape index (κ2) is 7.75. The summed E-state index contributed by atoms with van der Waals surface area (Å²) in [5.41, 5.74) is 3.38. The van der Waals surface area contributed by atoms with E-state index in [1.165, 1.54) is 5.56 Å². The minimum Gasteiger partial charge on any atom is -0.309 e. The second-order valence-electron chi connectivity index (χ2n) is 5.11. The van der Waals surface area contributed by atoms with Crippen LogP contribution in [-0.2, 0) is 6.42 Å². The molecule has 0 bridgehead atoms. The van der Waals surface area contributed by atoms with E-state index in [9.17, 15) is 0 Å². The van der Waals surface area contributed by atoms with E-state index in [1.807, 2.05) is 19.3 Å². The lowest BCUT2D eigenvalue weighted by Crippen LogP contribution is -2.23. The summed E-state index contributed by atoms with van der Waals surface area (Å²) in [6, 6.07) is 10.9. The Hall–Kier alpha value is -1.74. The van der Waals surface area contributed by atoms with Crippen LogP contribution in [0.25, 0.3) is 0 Å². The van der Waals surface area contributed by atoms with E-state index in [1.54, 1.807) is 0 Å². The van der Waals surface area contributed by atoms with Crippen LogP contribution in [0.4, 0.5) is 0 Å². The van der Waals surface area contributed by atoms with Crippen LogP contribution in [0.3, 0.4) is 0 Å². The molecule has 1 atom stereocenters. The summed E-state index contributed by atoms with van der Waals surface area (Å²) in [7, 11) is 0. The van der Waals surface area contributed by atoms with Gasteiger partial charge in [-0.3, -0.25) is 9.97 Å². The smallest absolute Gasteiger partial charge is 0.0756 e. The van der Waals surface area contributed by atoms with Crippen molar-refractivity contribution in [2.45, 2.75) is 39.2 Å². The number of nitrogens with zero attached hydrogens (tertiary/aromatic N) is 2. The molecule has 3 nitrogen and oxygen atoms in total. The molecular weight excluding hydrogens is 246 g/mol. The van der Waals surface area contributed by atoms with Crippen molar-refractivity contribution in [2.75, 3.05) is 6.54 Å². The largest absolute Gasteiger partial charge is 0.309 e. The Morgan fingerprint density at radius 2 is 1.90 bits per heavy atom. The third kappa shape index (κ3) is 4.42.